The first kappa shape index (κ1) is 15.9. The molecule has 2 rings (SSSR count). The maximum atomic E-state index is 12.1. The van der Waals surface area contributed by atoms with Gasteiger partial charge in [-0.05, 0) is 24.5 Å². The number of hydrogen-bond acceptors (Lipinski definition) is 4. The Hall–Kier alpha value is -2.43. The highest BCUT2D eigenvalue weighted by molar-refractivity contribution is 5.93. The first-order chi connectivity index (χ1) is 10.6. The second-order valence-electron chi connectivity index (χ2n) is 5.59. The van der Waals surface area contributed by atoms with Crippen LogP contribution in [-0.2, 0) is 0 Å². The monoisotopic (exact) mass is 298 g/mol. The van der Waals surface area contributed by atoms with Crippen LogP contribution in [0.1, 0.15) is 30.8 Å². The number of hydrogen-bond donors (Lipinski definition) is 1. The predicted molar refractivity (Wildman–Crippen MR) is 88.3 cm³/mol. The molecule has 0 spiro atoms. The molecule has 0 bridgehead atoms. The molecule has 0 aliphatic heterocycles. The van der Waals surface area contributed by atoms with Gasteiger partial charge < -0.3 is 10.2 Å². The van der Waals surface area contributed by atoms with Crippen LogP contribution in [0.4, 0.5) is 11.5 Å². The molecule has 2 aromatic rings. The molecule has 0 aliphatic carbocycles. The zero-order chi connectivity index (χ0) is 15.9. The number of carbonyl (C=O) groups excluding carboxylic acids is 1. The van der Waals surface area contributed by atoms with Crippen molar-refractivity contribution in [3.63, 3.8) is 0 Å². The van der Waals surface area contributed by atoms with Crippen LogP contribution < -0.4 is 10.2 Å². The fourth-order valence-corrected chi connectivity index (χ4v) is 2.00. The van der Waals surface area contributed by atoms with Crippen molar-refractivity contribution in [2.24, 2.45) is 5.92 Å². The molecule has 22 heavy (non-hydrogen) atoms. The summed E-state index contributed by atoms with van der Waals surface area (Å²) in [5.74, 6) is 1.09. The number of anilines is 2. The van der Waals surface area contributed by atoms with E-state index < -0.39 is 0 Å². The molecule has 1 amide bonds. The van der Waals surface area contributed by atoms with Gasteiger partial charge in [0.05, 0.1) is 0 Å². The highest BCUT2D eigenvalue weighted by Crippen LogP contribution is 2.20. The summed E-state index contributed by atoms with van der Waals surface area (Å²) < 4.78 is 0. The Morgan fingerprint density at radius 3 is 2.64 bits per heavy atom. The van der Waals surface area contributed by atoms with E-state index >= 15 is 0 Å². The highest BCUT2D eigenvalue weighted by Gasteiger charge is 2.11. The van der Waals surface area contributed by atoms with Gasteiger partial charge in [0, 0.05) is 25.3 Å². The van der Waals surface area contributed by atoms with Crippen molar-refractivity contribution in [1.82, 2.24) is 15.3 Å². The molecule has 116 valence electrons. The second kappa shape index (κ2) is 7.54. The SMILES string of the molecule is CC(C)CCNC(=O)c1cc(N(C)c2ccccc2)ncn1. The summed E-state index contributed by atoms with van der Waals surface area (Å²) in [5, 5.41) is 2.89. The molecule has 5 nitrogen and oxygen atoms in total. The van der Waals surface area contributed by atoms with Crippen molar-refractivity contribution in [2.45, 2.75) is 20.3 Å². The number of aromatic nitrogens is 2. The number of nitrogens with one attached hydrogen (secondary N) is 1. The lowest BCUT2D eigenvalue weighted by atomic mass is 10.1. The molecule has 5 heteroatoms. The number of para-hydroxylation sites is 1. The number of amides is 1. The number of rotatable bonds is 6. The van der Waals surface area contributed by atoms with Gasteiger partial charge >= 0.3 is 0 Å². The summed E-state index contributed by atoms with van der Waals surface area (Å²) in [6, 6.07) is 11.6. The Morgan fingerprint density at radius 2 is 1.95 bits per heavy atom. The number of carbonyl (C=O) groups is 1. The van der Waals surface area contributed by atoms with Crippen molar-refractivity contribution < 1.29 is 4.79 Å². The van der Waals surface area contributed by atoms with Gasteiger partial charge in [0.2, 0.25) is 0 Å². The first-order valence-electron chi connectivity index (χ1n) is 7.47. The zero-order valence-corrected chi connectivity index (χ0v) is 13.3. The summed E-state index contributed by atoms with van der Waals surface area (Å²) in [5.41, 5.74) is 1.39. The van der Waals surface area contributed by atoms with E-state index in [1.165, 1.54) is 6.33 Å². The minimum atomic E-state index is -0.161. The zero-order valence-electron chi connectivity index (χ0n) is 13.3. The average Bonchev–Trinajstić information content (AvgIpc) is 2.54. The minimum Gasteiger partial charge on any atom is -0.351 e. The molecule has 0 radical (unpaired) electrons. The van der Waals surface area contributed by atoms with Crippen molar-refractivity contribution in [3.05, 3.63) is 48.4 Å². The molecule has 1 aromatic heterocycles. The molecule has 0 saturated heterocycles. The maximum absolute atomic E-state index is 12.1. The van der Waals surface area contributed by atoms with Crippen molar-refractivity contribution in [3.8, 4) is 0 Å². The highest BCUT2D eigenvalue weighted by atomic mass is 16.1. The van der Waals surface area contributed by atoms with Gasteiger partial charge in [-0.1, -0.05) is 32.0 Å². The van der Waals surface area contributed by atoms with E-state index in [0.29, 0.717) is 24.0 Å². The molecule has 1 aromatic carbocycles. The van der Waals surface area contributed by atoms with E-state index in [0.717, 1.165) is 12.1 Å². The molecule has 0 atom stereocenters. The van der Waals surface area contributed by atoms with Crippen molar-refractivity contribution in [2.75, 3.05) is 18.5 Å². The van der Waals surface area contributed by atoms with Gasteiger partial charge in [0.1, 0.15) is 17.8 Å². The predicted octanol–water partition coefficient (Wildman–Crippen LogP) is 3.02. The van der Waals surface area contributed by atoms with Crippen LogP contribution in [0, 0.1) is 5.92 Å². The standard InChI is InChI=1S/C17H22N4O/c1-13(2)9-10-18-17(22)15-11-16(20-12-19-15)21(3)14-7-5-4-6-8-14/h4-8,11-13H,9-10H2,1-3H3,(H,18,22). The molecule has 0 fully saturated rings. The maximum Gasteiger partial charge on any atom is 0.270 e. The summed E-state index contributed by atoms with van der Waals surface area (Å²) in [6.07, 6.45) is 2.37. The first-order valence-corrected chi connectivity index (χ1v) is 7.47. The van der Waals surface area contributed by atoms with E-state index in [4.69, 9.17) is 0 Å². The van der Waals surface area contributed by atoms with Gasteiger partial charge in [0.25, 0.3) is 5.91 Å². The van der Waals surface area contributed by atoms with Gasteiger partial charge in [-0.2, -0.15) is 0 Å². The molecule has 1 N–H and O–H groups in total. The second-order valence-corrected chi connectivity index (χ2v) is 5.59. The Labute approximate surface area is 131 Å². The van der Waals surface area contributed by atoms with Crippen molar-refractivity contribution >= 4 is 17.4 Å². The van der Waals surface area contributed by atoms with Crippen LogP contribution in [0.5, 0.6) is 0 Å². The molecular formula is C17H22N4O. The molecule has 0 unspecified atom stereocenters. The van der Waals surface area contributed by atoms with Crippen LogP contribution in [0.25, 0.3) is 0 Å². The molecular weight excluding hydrogens is 276 g/mol. The molecule has 1 heterocycles. The summed E-state index contributed by atoms with van der Waals surface area (Å²) >= 11 is 0. The Morgan fingerprint density at radius 1 is 1.23 bits per heavy atom. The third kappa shape index (κ3) is 4.28. The average molecular weight is 298 g/mol. The largest absolute Gasteiger partial charge is 0.351 e. The van der Waals surface area contributed by atoms with Gasteiger partial charge in [-0.25, -0.2) is 9.97 Å². The molecule has 0 aliphatic rings. The lowest BCUT2D eigenvalue weighted by molar-refractivity contribution is 0.0947. The topological polar surface area (TPSA) is 58.1 Å². The molecule has 0 saturated carbocycles. The van der Waals surface area contributed by atoms with Gasteiger partial charge in [-0.15, -0.1) is 0 Å². The fourth-order valence-electron chi connectivity index (χ4n) is 2.00. The lowest BCUT2D eigenvalue weighted by Crippen LogP contribution is -2.26. The number of nitrogens with zero attached hydrogens (tertiary/aromatic N) is 3. The summed E-state index contributed by atoms with van der Waals surface area (Å²) in [7, 11) is 1.91. The smallest absolute Gasteiger partial charge is 0.270 e. The van der Waals surface area contributed by atoms with E-state index in [9.17, 15) is 4.79 Å². The third-order valence-electron chi connectivity index (χ3n) is 3.38. The van der Waals surface area contributed by atoms with E-state index in [2.05, 4.69) is 29.1 Å². The van der Waals surface area contributed by atoms with Gasteiger partial charge in [0.15, 0.2) is 0 Å². The lowest BCUT2D eigenvalue weighted by Gasteiger charge is -2.18. The van der Waals surface area contributed by atoms with Crippen LogP contribution in [0.2, 0.25) is 0 Å². The fraction of sp³-hybridized carbons (Fsp3) is 0.353. The van der Waals surface area contributed by atoms with E-state index in [-0.39, 0.29) is 5.91 Å². The van der Waals surface area contributed by atoms with Crippen LogP contribution in [0.15, 0.2) is 42.7 Å². The minimum absolute atomic E-state index is 0.161. The van der Waals surface area contributed by atoms with Crippen LogP contribution in [0.3, 0.4) is 0 Å². The Kier molecular flexibility index (Phi) is 5.47. The summed E-state index contributed by atoms with van der Waals surface area (Å²) in [6.45, 7) is 4.91. The van der Waals surface area contributed by atoms with Crippen LogP contribution in [-0.4, -0.2) is 29.5 Å². The normalized spacial score (nSPS) is 10.5. The summed E-state index contributed by atoms with van der Waals surface area (Å²) in [4.78, 5) is 22.3. The van der Waals surface area contributed by atoms with E-state index in [1.54, 1.807) is 6.07 Å². The number of benzene rings is 1. The van der Waals surface area contributed by atoms with Crippen LogP contribution >= 0.6 is 0 Å². The Balaban J connectivity index is 2.08. The van der Waals surface area contributed by atoms with Crippen molar-refractivity contribution in [1.29, 1.82) is 0 Å². The third-order valence-corrected chi connectivity index (χ3v) is 3.38. The quantitative estimate of drug-likeness (QED) is 0.890. The Bertz CT molecular complexity index is 613. The van der Waals surface area contributed by atoms with E-state index in [1.807, 2.05) is 42.3 Å². The van der Waals surface area contributed by atoms with Gasteiger partial charge in [-0.3, -0.25) is 4.79 Å².